The highest BCUT2D eigenvalue weighted by Gasteiger charge is 2.69. The van der Waals surface area contributed by atoms with Crippen LogP contribution in [-0.2, 0) is 32.0 Å². The first-order valence-electron chi connectivity index (χ1n) is 7.06. The SMILES string of the molecule is COP(=O)(OC)C(CCCC(=O)O)([Si](C)(C)C)P(=O)(OC)OC. The maximum atomic E-state index is 13.4. The van der Waals surface area contributed by atoms with Gasteiger partial charge in [-0.05, 0) is 12.8 Å². The van der Waals surface area contributed by atoms with Crippen LogP contribution in [0.25, 0.3) is 0 Å². The van der Waals surface area contributed by atoms with E-state index in [1.165, 1.54) is 28.4 Å². The molecule has 8 nitrogen and oxygen atoms in total. The highest BCUT2D eigenvalue weighted by atomic mass is 31.2. The molecule has 0 aromatic carbocycles. The third-order valence-electron chi connectivity index (χ3n) is 3.98. The van der Waals surface area contributed by atoms with E-state index in [1.807, 2.05) is 19.6 Å². The number of carboxylic acids is 1. The first kappa shape index (κ1) is 23.0. The van der Waals surface area contributed by atoms with Gasteiger partial charge in [0, 0.05) is 34.9 Å². The lowest BCUT2D eigenvalue weighted by atomic mass is 10.2. The summed E-state index contributed by atoms with van der Waals surface area (Å²) in [7, 11) is -5.53. The van der Waals surface area contributed by atoms with Gasteiger partial charge in [-0.3, -0.25) is 13.9 Å². The topological polar surface area (TPSA) is 108 Å². The molecule has 0 amide bonds. The van der Waals surface area contributed by atoms with Crippen LogP contribution in [0.2, 0.25) is 19.6 Å². The zero-order valence-corrected chi connectivity index (χ0v) is 17.6. The number of rotatable bonds is 11. The third-order valence-corrected chi connectivity index (χ3v) is 18.0. The first-order valence-corrected chi connectivity index (χ1v) is 13.6. The summed E-state index contributed by atoms with van der Waals surface area (Å²) in [6.45, 7) is 5.55. The fraction of sp³-hybridized carbons (Fsp3) is 0.917. The van der Waals surface area contributed by atoms with Crippen LogP contribution in [0.1, 0.15) is 19.3 Å². The molecule has 23 heavy (non-hydrogen) atoms. The van der Waals surface area contributed by atoms with Gasteiger partial charge in [0.05, 0.1) is 8.07 Å². The molecule has 0 unspecified atom stereocenters. The fourth-order valence-electron chi connectivity index (χ4n) is 2.86. The number of aliphatic carboxylic acids is 1. The average Bonchev–Trinajstić information content (AvgIpc) is 2.48. The van der Waals surface area contributed by atoms with Gasteiger partial charge in [0.15, 0.2) is 4.52 Å². The van der Waals surface area contributed by atoms with Crippen molar-refractivity contribution in [2.45, 2.75) is 43.4 Å². The van der Waals surface area contributed by atoms with Crippen LogP contribution < -0.4 is 0 Å². The number of carboxylic acid groups (broad SMARTS) is 1. The van der Waals surface area contributed by atoms with Crippen LogP contribution in [0.4, 0.5) is 0 Å². The molecule has 0 aliphatic heterocycles. The van der Waals surface area contributed by atoms with Gasteiger partial charge in [0.2, 0.25) is 0 Å². The molecule has 0 saturated heterocycles. The summed E-state index contributed by atoms with van der Waals surface area (Å²) in [6, 6.07) is 0. The van der Waals surface area contributed by atoms with Crippen molar-refractivity contribution in [3.05, 3.63) is 0 Å². The van der Waals surface area contributed by atoms with Crippen LogP contribution in [0.5, 0.6) is 0 Å². The van der Waals surface area contributed by atoms with Crippen LogP contribution >= 0.6 is 15.2 Å². The summed E-state index contributed by atoms with van der Waals surface area (Å²) >= 11 is 0. The lowest BCUT2D eigenvalue weighted by Gasteiger charge is -2.48. The predicted octanol–water partition coefficient (Wildman–Crippen LogP) is 3.79. The average molecular weight is 390 g/mol. The molecule has 0 aromatic heterocycles. The predicted molar refractivity (Wildman–Crippen MR) is 90.8 cm³/mol. The number of hydrogen-bond acceptors (Lipinski definition) is 7. The van der Waals surface area contributed by atoms with Crippen molar-refractivity contribution in [1.29, 1.82) is 0 Å². The monoisotopic (exact) mass is 390 g/mol. The maximum absolute atomic E-state index is 13.4. The quantitative estimate of drug-likeness (QED) is 0.419. The van der Waals surface area contributed by atoms with Crippen molar-refractivity contribution < 1.29 is 37.1 Å². The molecule has 0 aliphatic carbocycles. The van der Waals surface area contributed by atoms with Crippen LogP contribution in [0.3, 0.4) is 0 Å². The van der Waals surface area contributed by atoms with Crippen molar-refractivity contribution in [3.63, 3.8) is 0 Å². The molecule has 1 N–H and O–H groups in total. The second kappa shape index (κ2) is 8.38. The Kier molecular flexibility index (Phi) is 8.38. The van der Waals surface area contributed by atoms with Gasteiger partial charge in [0.1, 0.15) is 0 Å². The van der Waals surface area contributed by atoms with Gasteiger partial charge in [-0.2, -0.15) is 0 Å². The molecule has 0 saturated carbocycles. The molecule has 0 aliphatic rings. The van der Waals surface area contributed by atoms with E-state index in [0.29, 0.717) is 0 Å². The Balaban J connectivity index is 6.44. The summed E-state index contributed by atoms with van der Waals surface area (Å²) in [4.78, 5) is 10.9. The normalized spacial score (nSPS) is 14.0. The van der Waals surface area contributed by atoms with Gasteiger partial charge in [-0.25, -0.2) is 0 Å². The smallest absolute Gasteiger partial charge is 0.345 e. The highest BCUT2D eigenvalue weighted by Crippen LogP contribution is 2.81. The molecule has 0 rings (SSSR count). The standard InChI is InChI=1S/C12H28O8P2Si/c1-17-21(15,18-2)12(23(5,6)7,10-8-9-11(13)14)22(16,19-3)20-4/h8-10H2,1-7H3,(H,13,14). The highest BCUT2D eigenvalue weighted by molar-refractivity contribution is 7.78. The molecule has 138 valence electrons. The van der Waals surface area contributed by atoms with Gasteiger partial charge in [-0.15, -0.1) is 0 Å². The Hall–Kier alpha value is -0.0131. The molecule has 0 radical (unpaired) electrons. The number of carbonyl (C=O) groups is 1. The number of hydrogen-bond donors (Lipinski definition) is 1. The molecular weight excluding hydrogens is 362 g/mol. The zero-order chi connectivity index (χ0) is 18.5. The van der Waals surface area contributed by atoms with Crippen molar-refractivity contribution in [3.8, 4) is 0 Å². The van der Waals surface area contributed by atoms with Crippen LogP contribution in [0, 0.1) is 0 Å². The second-order valence-corrected chi connectivity index (χ2v) is 17.6. The first-order chi connectivity index (χ1) is 10.4. The molecular formula is C12H28O8P2Si. The molecule has 0 atom stereocenters. The van der Waals surface area contributed by atoms with Crippen LogP contribution in [0.15, 0.2) is 0 Å². The molecule has 11 heteroatoms. The lowest BCUT2D eigenvalue weighted by Crippen LogP contribution is -2.52. The lowest BCUT2D eigenvalue weighted by molar-refractivity contribution is -0.137. The van der Waals surface area contributed by atoms with E-state index in [2.05, 4.69) is 0 Å². The van der Waals surface area contributed by atoms with Crippen LogP contribution in [-0.4, -0.2) is 52.1 Å². The van der Waals surface area contributed by atoms with Crippen molar-refractivity contribution in [2.24, 2.45) is 0 Å². The summed E-state index contributed by atoms with van der Waals surface area (Å²) in [5.74, 6) is -0.996. The van der Waals surface area contributed by atoms with Gasteiger partial charge < -0.3 is 23.2 Å². The molecule has 0 aromatic rings. The molecule has 0 fully saturated rings. The summed E-state index contributed by atoms with van der Waals surface area (Å²) < 4.78 is 45.9. The summed E-state index contributed by atoms with van der Waals surface area (Å²) in [6.07, 6.45) is 0.0209. The van der Waals surface area contributed by atoms with E-state index in [-0.39, 0.29) is 19.3 Å². The van der Waals surface area contributed by atoms with E-state index >= 15 is 0 Å². The molecule has 0 bridgehead atoms. The third kappa shape index (κ3) is 4.15. The summed E-state index contributed by atoms with van der Waals surface area (Å²) in [5, 5.41) is 8.90. The van der Waals surface area contributed by atoms with E-state index in [1.54, 1.807) is 0 Å². The minimum Gasteiger partial charge on any atom is -0.481 e. The van der Waals surface area contributed by atoms with Crippen molar-refractivity contribution in [1.82, 2.24) is 0 Å². The second-order valence-electron chi connectivity index (χ2n) is 6.04. The zero-order valence-electron chi connectivity index (χ0n) is 14.8. The Bertz CT molecular complexity index is 460. The Morgan fingerprint density at radius 2 is 1.30 bits per heavy atom. The van der Waals surface area contributed by atoms with Crippen molar-refractivity contribution in [2.75, 3.05) is 28.4 Å². The van der Waals surface area contributed by atoms with Crippen molar-refractivity contribution >= 4 is 29.2 Å². The van der Waals surface area contributed by atoms with Gasteiger partial charge >= 0.3 is 21.2 Å². The van der Waals surface area contributed by atoms with E-state index < -0.39 is 33.8 Å². The Morgan fingerprint density at radius 3 is 1.52 bits per heavy atom. The van der Waals surface area contributed by atoms with Gasteiger partial charge in [-0.1, -0.05) is 19.6 Å². The Labute approximate surface area is 138 Å². The molecule has 0 heterocycles. The van der Waals surface area contributed by atoms with E-state index in [4.69, 9.17) is 23.2 Å². The van der Waals surface area contributed by atoms with Gasteiger partial charge in [0.25, 0.3) is 0 Å². The largest absolute Gasteiger partial charge is 0.481 e. The minimum absolute atomic E-state index is 0.0347. The Morgan fingerprint density at radius 1 is 0.957 bits per heavy atom. The fourth-order valence-corrected chi connectivity index (χ4v) is 16.0. The van der Waals surface area contributed by atoms with E-state index in [0.717, 1.165) is 0 Å². The van der Waals surface area contributed by atoms with E-state index in [9.17, 15) is 13.9 Å². The minimum atomic E-state index is -3.90. The molecule has 0 spiro atoms. The summed E-state index contributed by atoms with van der Waals surface area (Å²) in [5.41, 5.74) is 0. The maximum Gasteiger partial charge on any atom is 0.345 e.